The smallest absolute Gasteiger partial charge is 0.353 e. The summed E-state index contributed by atoms with van der Waals surface area (Å²) in [5.74, 6) is 0.331. The van der Waals surface area contributed by atoms with Gasteiger partial charge < -0.3 is 29.2 Å². The van der Waals surface area contributed by atoms with Gasteiger partial charge in [-0.05, 0) is 17.7 Å². The van der Waals surface area contributed by atoms with Gasteiger partial charge in [0.15, 0.2) is 11.2 Å². The number of anilines is 1. The van der Waals surface area contributed by atoms with E-state index < -0.39 is 13.9 Å². The number of methoxy groups -OCH3 is 1. The van der Waals surface area contributed by atoms with Gasteiger partial charge in [0.2, 0.25) is 11.8 Å². The molecule has 0 amide bonds. The van der Waals surface area contributed by atoms with Crippen molar-refractivity contribution in [2.24, 2.45) is 0 Å². The van der Waals surface area contributed by atoms with Gasteiger partial charge in [0.1, 0.15) is 6.35 Å². The molecule has 0 spiro atoms. The minimum atomic E-state index is -3.90. The van der Waals surface area contributed by atoms with Crippen molar-refractivity contribution in [2.45, 2.75) is 13.2 Å². The van der Waals surface area contributed by atoms with Gasteiger partial charge in [0.25, 0.3) is 0 Å². The first-order valence-electron chi connectivity index (χ1n) is 8.19. The number of nitrogens with two attached hydrogens (primary N) is 1. The molecule has 0 radical (unpaired) electrons. The van der Waals surface area contributed by atoms with Crippen molar-refractivity contribution in [3.8, 4) is 5.88 Å². The van der Waals surface area contributed by atoms with Gasteiger partial charge in [-0.2, -0.15) is 9.97 Å². The van der Waals surface area contributed by atoms with Crippen LogP contribution in [0.4, 0.5) is 5.95 Å². The Morgan fingerprint density at radius 3 is 2.93 bits per heavy atom. The fourth-order valence-corrected chi connectivity index (χ4v) is 3.42. The third kappa shape index (κ3) is 5.18. The lowest BCUT2D eigenvalue weighted by Gasteiger charge is -2.13. The molecule has 1 atom stereocenters. The minimum Gasteiger partial charge on any atom is -0.479 e. The fraction of sp³-hybridized carbons (Fsp3) is 0.312. The number of halogens is 1. The molecular weight excluding hydrogens is 409 g/mol. The maximum Gasteiger partial charge on any atom is 0.353 e. The highest BCUT2D eigenvalue weighted by atomic mass is 35.5. The van der Waals surface area contributed by atoms with E-state index in [1.807, 2.05) is 0 Å². The molecule has 150 valence electrons. The Morgan fingerprint density at radius 2 is 2.18 bits per heavy atom. The highest BCUT2D eigenvalue weighted by molar-refractivity contribution is 7.52. The van der Waals surface area contributed by atoms with Gasteiger partial charge in [0, 0.05) is 11.6 Å². The lowest BCUT2D eigenvalue weighted by Crippen LogP contribution is -2.08. The van der Waals surface area contributed by atoms with Crippen LogP contribution in [0.2, 0.25) is 5.02 Å². The molecule has 2 aromatic heterocycles. The zero-order valence-corrected chi connectivity index (χ0v) is 16.6. The molecule has 0 aliphatic carbocycles. The molecule has 2 heterocycles. The summed E-state index contributed by atoms with van der Waals surface area (Å²) in [7, 11) is -2.44. The monoisotopic (exact) mass is 427 g/mol. The number of imidazole rings is 1. The molecule has 0 saturated heterocycles. The first-order chi connectivity index (χ1) is 13.4. The van der Waals surface area contributed by atoms with Crippen LogP contribution < -0.4 is 10.5 Å². The van der Waals surface area contributed by atoms with Gasteiger partial charge in [-0.15, -0.1) is 0 Å². The SMILES string of the molecule is COc1nc(N)nc2c1ncn2CCOCP(=O)(O)OCc1cccc(Cl)c1. The largest absolute Gasteiger partial charge is 0.479 e. The number of fused-ring (bicyclic) bond motifs is 1. The first-order valence-corrected chi connectivity index (χ1v) is 10.3. The molecule has 3 N–H and O–H groups in total. The van der Waals surface area contributed by atoms with E-state index in [1.54, 1.807) is 35.2 Å². The molecule has 1 unspecified atom stereocenters. The molecule has 0 aliphatic rings. The van der Waals surface area contributed by atoms with E-state index in [9.17, 15) is 9.46 Å². The number of benzene rings is 1. The predicted octanol–water partition coefficient (Wildman–Crippen LogP) is 2.45. The summed E-state index contributed by atoms with van der Waals surface area (Å²) in [6.45, 7) is 0.438. The van der Waals surface area contributed by atoms with Crippen LogP contribution in [-0.4, -0.2) is 44.5 Å². The summed E-state index contributed by atoms with van der Waals surface area (Å²) in [6, 6.07) is 6.86. The lowest BCUT2D eigenvalue weighted by atomic mass is 10.2. The summed E-state index contributed by atoms with van der Waals surface area (Å²) < 4.78 is 29.3. The Bertz CT molecular complexity index is 1010. The maximum atomic E-state index is 12.1. The molecule has 0 bridgehead atoms. The van der Waals surface area contributed by atoms with Crippen LogP contribution in [-0.2, 0) is 27.0 Å². The summed E-state index contributed by atoms with van der Waals surface area (Å²) in [5, 5.41) is 0.527. The number of hydrogen-bond donors (Lipinski definition) is 2. The van der Waals surface area contributed by atoms with E-state index in [1.165, 1.54) is 7.11 Å². The van der Waals surface area contributed by atoms with E-state index in [0.717, 1.165) is 0 Å². The number of rotatable bonds is 9. The second-order valence-electron chi connectivity index (χ2n) is 5.78. The second kappa shape index (κ2) is 8.85. The zero-order valence-electron chi connectivity index (χ0n) is 15.0. The summed E-state index contributed by atoms with van der Waals surface area (Å²) in [6.07, 6.45) is 1.10. The number of nitrogen functional groups attached to an aromatic ring is 1. The second-order valence-corrected chi connectivity index (χ2v) is 8.01. The Morgan fingerprint density at radius 1 is 1.36 bits per heavy atom. The molecule has 28 heavy (non-hydrogen) atoms. The summed E-state index contributed by atoms with van der Waals surface area (Å²) >= 11 is 5.87. The summed E-state index contributed by atoms with van der Waals surface area (Å²) in [4.78, 5) is 22.2. The van der Waals surface area contributed by atoms with E-state index >= 15 is 0 Å². The minimum absolute atomic E-state index is 0.0418. The molecular formula is C16H19ClN5O5P. The van der Waals surface area contributed by atoms with Gasteiger partial charge in [0.05, 0.1) is 26.7 Å². The van der Waals surface area contributed by atoms with Gasteiger partial charge in [-0.1, -0.05) is 23.7 Å². The summed E-state index contributed by atoms with van der Waals surface area (Å²) in [5.41, 5.74) is 7.30. The Kier molecular flexibility index (Phi) is 6.48. The number of nitrogens with zero attached hydrogens (tertiary/aromatic N) is 4. The van der Waals surface area contributed by atoms with Crippen molar-refractivity contribution in [3.05, 3.63) is 41.2 Å². The van der Waals surface area contributed by atoms with E-state index in [2.05, 4.69) is 15.0 Å². The van der Waals surface area contributed by atoms with E-state index in [4.69, 9.17) is 31.3 Å². The van der Waals surface area contributed by atoms with Gasteiger partial charge in [-0.25, -0.2) is 4.98 Å². The lowest BCUT2D eigenvalue weighted by molar-refractivity contribution is 0.136. The maximum absolute atomic E-state index is 12.1. The Hall–Kier alpha value is -2.23. The quantitative estimate of drug-likeness (QED) is 0.390. The Labute approximate surface area is 165 Å². The van der Waals surface area contributed by atoms with Gasteiger partial charge in [-0.3, -0.25) is 4.57 Å². The number of ether oxygens (including phenoxy) is 2. The van der Waals surface area contributed by atoms with Crippen LogP contribution in [0.5, 0.6) is 5.88 Å². The molecule has 3 rings (SSSR count). The molecule has 10 nitrogen and oxygen atoms in total. The highest BCUT2D eigenvalue weighted by Gasteiger charge is 2.20. The number of hydrogen-bond acceptors (Lipinski definition) is 8. The van der Waals surface area contributed by atoms with Crippen LogP contribution in [0, 0.1) is 0 Å². The number of aromatic nitrogens is 4. The first kappa shape index (κ1) is 20.5. The molecule has 12 heteroatoms. The van der Waals surface area contributed by atoms with Crippen molar-refractivity contribution in [1.82, 2.24) is 19.5 Å². The van der Waals surface area contributed by atoms with Crippen molar-refractivity contribution >= 4 is 36.3 Å². The van der Waals surface area contributed by atoms with Crippen LogP contribution in [0.3, 0.4) is 0 Å². The zero-order chi connectivity index (χ0) is 20.1. The van der Waals surface area contributed by atoms with Crippen molar-refractivity contribution in [1.29, 1.82) is 0 Å². The van der Waals surface area contributed by atoms with Gasteiger partial charge >= 0.3 is 7.60 Å². The molecule has 3 aromatic rings. The highest BCUT2D eigenvalue weighted by Crippen LogP contribution is 2.42. The van der Waals surface area contributed by atoms with Crippen LogP contribution in [0.1, 0.15) is 5.56 Å². The van der Waals surface area contributed by atoms with E-state index in [-0.39, 0.29) is 25.0 Å². The predicted molar refractivity (Wildman–Crippen MR) is 103 cm³/mol. The van der Waals surface area contributed by atoms with Crippen LogP contribution in [0.25, 0.3) is 11.2 Å². The third-order valence-corrected chi connectivity index (χ3v) is 4.97. The third-order valence-electron chi connectivity index (χ3n) is 3.70. The van der Waals surface area contributed by atoms with Crippen LogP contribution >= 0.6 is 19.2 Å². The molecule has 0 saturated carbocycles. The average molecular weight is 428 g/mol. The normalized spacial score (nSPS) is 13.5. The average Bonchev–Trinajstić information content (AvgIpc) is 3.06. The van der Waals surface area contributed by atoms with E-state index in [0.29, 0.717) is 28.3 Å². The van der Waals surface area contributed by atoms with Crippen molar-refractivity contribution < 1.29 is 23.5 Å². The topological polar surface area (TPSA) is 135 Å². The molecule has 0 fully saturated rings. The van der Waals surface area contributed by atoms with Crippen molar-refractivity contribution in [3.63, 3.8) is 0 Å². The standard InChI is InChI=1S/C16H19ClN5O5P/c1-25-15-13-14(20-16(18)21-15)22(9-19-13)5-6-26-10-28(23,24)27-8-11-3-2-4-12(17)7-11/h2-4,7,9H,5-6,8,10H2,1H3,(H,23,24)(H2,18,20,21). The molecule has 0 aliphatic heterocycles. The van der Waals surface area contributed by atoms with Crippen LogP contribution in [0.15, 0.2) is 30.6 Å². The van der Waals surface area contributed by atoms with Crippen molar-refractivity contribution in [2.75, 3.05) is 25.8 Å². The molecule has 1 aromatic carbocycles. The Balaban J connectivity index is 1.52. The fourth-order valence-electron chi connectivity index (χ4n) is 2.42.